The maximum Gasteiger partial charge on any atom is 0.227 e. The van der Waals surface area contributed by atoms with Crippen LogP contribution in [0.25, 0.3) is 0 Å². The molecule has 1 aromatic rings. The highest BCUT2D eigenvalue weighted by atomic mass is 16.2. The van der Waals surface area contributed by atoms with E-state index in [2.05, 4.69) is 12.2 Å². The summed E-state index contributed by atoms with van der Waals surface area (Å²) in [6.45, 7) is 4.03. The number of hydrogen-bond acceptors (Lipinski definition) is 2. The van der Waals surface area contributed by atoms with Crippen LogP contribution in [0.5, 0.6) is 0 Å². The number of anilines is 1. The van der Waals surface area contributed by atoms with Gasteiger partial charge in [-0.15, -0.1) is 0 Å². The number of benzene rings is 1. The molecular weight excluding hydrogens is 212 g/mol. The molecule has 3 N–H and O–H groups in total. The van der Waals surface area contributed by atoms with Crippen molar-refractivity contribution in [1.82, 2.24) is 5.32 Å². The summed E-state index contributed by atoms with van der Waals surface area (Å²) in [5, 5.41) is 3.13. The molecule has 1 aliphatic rings. The van der Waals surface area contributed by atoms with E-state index in [0.29, 0.717) is 5.69 Å². The van der Waals surface area contributed by atoms with Gasteiger partial charge in [-0.2, -0.15) is 0 Å². The van der Waals surface area contributed by atoms with E-state index in [1.165, 1.54) is 6.42 Å². The Morgan fingerprint density at radius 2 is 2.18 bits per heavy atom. The van der Waals surface area contributed by atoms with Gasteiger partial charge in [-0.1, -0.05) is 12.1 Å². The molecule has 1 atom stereocenters. The van der Waals surface area contributed by atoms with Gasteiger partial charge < -0.3 is 11.1 Å². The van der Waals surface area contributed by atoms with Crippen molar-refractivity contribution in [2.24, 2.45) is 0 Å². The fourth-order valence-corrected chi connectivity index (χ4v) is 2.22. The molecule has 0 heterocycles. The van der Waals surface area contributed by atoms with Crippen LogP contribution < -0.4 is 11.1 Å². The monoisotopic (exact) mass is 232 g/mol. The molecule has 0 spiro atoms. The van der Waals surface area contributed by atoms with Crippen molar-refractivity contribution >= 4 is 11.6 Å². The van der Waals surface area contributed by atoms with Crippen LogP contribution in [0.15, 0.2) is 24.3 Å². The van der Waals surface area contributed by atoms with Crippen LogP contribution in [0, 0.1) is 0 Å². The highest BCUT2D eigenvalue weighted by molar-refractivity contribution is 5.84. The number of carbonyl (C=O) groups excluding carboxylic acids is 1. The quantitative estimate of drug-likeness (QED) is 0.786. The Kier molecular flexibility index (Phi) is 3.09. The summed E-state index contributed by atoms with van der Waals surface area (Å²) in [7, 11) is 0. The SMILES string of the molecule is CC(C(=O)NC1(C)CCC1)c1cccc(N)c1. The first kappa shape index (κ1) is 12.0. The van der Waals surface area contributed by atoms with Crippen molar-refractivity contribution in [1.29, 1.82) is 0 Å². The molecule has 1 aromatic carbocycles. The number of nitrogens with one attached hydrogen (secondary N) is 1. The van der Waals surface area contributed by atoms with Gasteiger partial charge in [0.25, 0.3) is 0 Å². The summed E-state index contributed by atoms with van der Waals surface area (Å²) >= 11 is 0. The maximum atomic E-state index is 12.1. The van der Waals surface area contributed by atoms with Crippen molar-refractivity contribution in [2.45, 2.75) is 44.6 Å². The van der Waals surface area contributed by atoms with Crippen LogP contribution in [0.2, 0.25) is 0 Å². The number of amides is 1. The molecule has 2 rings (SSSR count). The fraction of sp³-hybridized carbons (Fsp3) is 0.500. The van der Waals surface area contributed by atoms with Crippen molar-refractivity contribution < 1.29 is 4.79 Å². The lowest BCUT2D eigenvalue weighted by Gasteiger charge is -2.39. The third-order valence-electron chi connectivity index (χ3n) is 3.69. The number of nitrogens with two attached hydrogens (primary N) is 1. The van der Waals surface area contributed by atoms with Gasteiger partial charge in [0, 0.05) is 11.2 Å². The van der Waals surface area contributed by atoms with Gasteiger partial charge in [0.1, 0.15) is 0 Å². The third kappa shape index (κ3) is 2.60. The van der Waals surface area contributed by atoms with Gasteiger partial charge in [0.2, 0.25) is 5.91 Å². The summed E-state index contributed by atoms with van der Waals surface area (Å²) in [4.78, 5) is 12.1. The zero-order valence-corrected chi connectivity index (χ0v) is 10.5. The van der Waals surface area contributed by atoms with Gasteiger partial charge in [-0.3, -0.25) is 4.79 Å². The van der Waals surface area contributed by atoms with E-state index in [9.17, 15) is 4.79 Å². The van der Waals surface area contributed by atoms with Gasteiger partial charge in [0.15, 0.2) is 0 Å². The fourth-order valence-electron chi connectivity index (χ4n) is 2.22. The van der Waals surface area contributed by atoms with E-state index >= 15 is 0 Å². The second kappa shape index (κ2) is 4.40. The Hall–Kier alpha value is -1.51. The number of nitrogen functional groups attached to an aromatic ring is 1. The van der Waals surface area contributed by atoms with Gasteiger partial charge in [-0.05, 0) is 50.8 Å². The molecule has 3 heteroatoms. The van der Waals surface area contributed by atoms with E-state index in [1.807, 2.05) is 31.2 Å². The minimum absolute atomic E-state index is 0.0195. The first-order chi connectivity index (χ1) is 8.00. The Labute approximate surface area is 102 Å². The normalized spacial score (nSPS) is 19.2. The standard InChI is InChI=1S/C14H20N2O/c1-10(11-5-3-6-12(15)9-11)13(17)16-14(2)7-4-8-14/h3,5-6,9-10H,4,7-8,15H2,1-2H3,(H,16,17). The molecule has 1 aliphatic carbocycles. The largest absolute Gasteiger partial charge is 0.399 e. The molecule has 1 saturated carbocycles. The molecule has 0 aliphatic heterocycles. The summed E-state index contributed by atoms with van der Waals surface area (Å²) in [5.74, 6) is -0.0475. The summed E-state index contributed by atoms with van der Waals surface area (Å²) in [5.41, 5.74) is 7.43. The molecule has 3 nitrogen and oxygen atoms in total. The minimum Gasteiger partial charge on any atom is -0.399 e. The molecule has 92 valence electrons. The van der Waals surface area contributed by atoms with Crippen molar-refractivity contribution in [3.63, 3.8) is 0 Å². The van der Waals surface area contributed by atoms with E-state index in [0.717, 1.165) is 18.4 Å². The minimum atomic E-state index is -0.143. The van der Waals surface area contributed by atoms with Crippen LogP contribution in [-0.4, -0.2) is 11.4 Å². The average Bonchev–Trinajstić information content (AvgIpc) is 2.26. The van der Waals surface area contributed by atoms with E-state index in [4.69, 9.17) is 5.73 Å². The van der Waals surface area contributed by atoms with Gasteiger partial charge in [0.05, 0.1) is 5.92 Å². The van der Waals surface area contributed by atoms with Gasteiger partial charge >= 0.3 is 0 Å². The summed E-state index contributed by atoms with van der Waals surface area (Å²) in [6, 6.07) is 7.54. The third-order valence-corrected chi connectivity index (χ3v) is 3.69. The lowest BCUT2D eigenvalue weighted by atomic mass is 9.78. The van der Waals surface area contributed by atoms with Crippen LogP contribution in [0.1, 0.15) is 44.6 Å². The molecule has 0 aromatic heterocycles. The first-order valence-corrected chi connectivity index (χ1v) is 6.18. The number of carbonyl (C=O) groups is 1. The second-order valence-electron chi connectivity index (χ2n) is 5.30. The van der Waals surface area contributed by atoms with Crippen molar-refractivity contribution in [3.05, 3.63) is 29.8 Å². The predicted molar refractivity (Wildman–Crippen MR) is 69.7 cm³/mol. The Morgan fingerprint density at radius 1 is 1.47 bits per heavy atom. The smallest absolute Gasteiger partial charge is 0.227 e. The summed E-state index contributed by atoms with van der Waals surface area (Å²) in [6.07, 6.45) is 3.38. The Morgan fingerprint density at radius 3 is 2.71 bits per heavy atom. The van der Waals surface area contributed by atoms with Crippen LogP contribution >= 0.6 is 0 Å². The second-order valence-corrected chi connectivity index (χ2v) is 5.30. The number of rotatable bonds is 3. The maximum absolute atomic E-state index is 12.1. The molecule has 1 amide bonds. The topological polar surface area (TPSA) is 55.1 Å². The molecule has 1 fully saturated rings. The Bertz CT molecular complexity index is 424. The lowest BCUT2D eigenvalue weighted by Crippen LogP contribution is -2.52. The molecule has 0 bridgehead atoms. The van der Waals surface area contributed by atoms with E-state index < -0.39 is 0 Å². The van der Waals surface area contributed by atoms with Crippen molar-refractivity contribution in [3.8, 4) is 0 Å². The van der Waals surface area contributed by atoms with Crippen LogP contribution in [-0.2, 0) is 4.79 Å². The molecule has 0 radical (unpaired) electrons. The number of hydrogen-bond donors (Lipinski definition) is 2. The molecule has 1 unspecified atom stereocenters. The molecule has 0 saturated heterocycles. The zero-order valence-electron chi connectivity index (χ0n) is 10.5. The average molecular weight is 232 g/mol. The Balaban J connectivity index is 2.04. The van der Waals surface area contributed by atoms with E-state index in [1.54, 1.807) is 0 Å². The predicted octanol–water partition coefficient (Wildman–Crippen LogP) is 2.43. The lowest BCUT2D eigenvalue weighted by molar-refractivity contribution is -0.124. The first-order valence-electron chi connectivity index (χ1n) is 6.18. The zero-order chi connectivity index (χ0) is 12.5. The van der Waals surface area contributed by atoms with E-state index in [-0.39, 0.29) is 17.4 Å². The summed E-state index contributed by atoms with van der Waals surface area (Å²) < 4.78 is 0. The van der Waals surface area contributed by atoms with Crippen LogP contribution in [0.4, 0.5) is 5.69 Å². The van der Waals surface area contributed by atoms with Crippen molar-refractivity contribution in [2.75, 3.05) is 5.73 Å². The molecular formula is C14H20N2O. The molecule has 17 heavy (non-hydrogen) atoms. The highest BCUT2D eigenvalue weighted by Gasteiger charge is 2.34. The van der Waals surface area contributed by atoms with Crippen LogP contribution in [0.3, 0.4) is 0 Å². The van der Waals surface area contributed by atoms with Gasteiger partial charge in [-0.25, -0.2) is 0 Å². The highest BCUT2D eigenvalue weighted by Crippen LogP contribution is 2.31.